The summed E-state index contributed by atoms with van der Waals surface area (Å²) in [7, 11) is 1.84. The predicted octanol–water partition coefficient (Wildman–Crippen LogP) is 2.42. The number of nitrogens with zero attached hydrogens (tertiary/aromatic N) is 2. The largest absolute Gasteiger partial charge is 0.371 e. The Morgan fingerprint density at radius 3 is 2.71 bits per heavy atom. The SMILES string of the molecule is C=C(C)CN(C)c1ccc([N+](=O)[O-])c(C=O)c1. The van der Waals surface area contributed by atoms with Crippen molar-refractivity contribution in [2.24, 2.45) is 0 Å². The van der Waals surface area contributed by atoms with E-state index in [-0.39, 0.29) is 11.3 Å². The van der Waals surface area contributed by atoms with Crippen molar-refractivity contribution in [1.29, 1.82) is 0 Å². The van der Waals surface area contributed by atoms with Gasteiger partial charge in [-0.25, -0.2) is 0 Å². The third kappa shape index (κ3) is 3.14. The molecule has 1 aromatic rings. The third-order valence-electron chi connectivity index (χ3n) is 2.28. The monoisotopic (exact) mass is 234 g/mol. The first-order valence-corrected chi connectivity index (χ1v) is 5.05. The molecule has 0 fully saturated rings. The van der Waals surface area contributed by atoms with E-state index < -0.39 is 4.92 Å². The lowest BCUT2D eigenvalue weighted by Gasteiger charge is -2.19. The number of hydrogen-bond donors (Lipinski definition) is 0. The van der Waals surface area contributed by atoms with Gasteiger partial charge in [-0.05, 0) is 19.1 Å². The maximum absolute atomic E-state index is 10.8. The molecule has 0 saturated heterocycles. The van der Waals surface area contributed by atoms with E-state index in [0.29, 0.717) is 12.8 Å². The Balaban J connectivity index is 3.09. The number of carbonyl (C=O) groups excluding carboxylic acids is 1. The number of aldehydes is 1. The van der Waals surface area contributed by atoms with Crippen LogP contribution in [-0.2, 0) is 0 Å². The summed E-state index contributed by atoms with van der Waals surface area (Å²) in [6.07, 6.45) is 0.496. The Morgan fingerprint density at radius 1 is 1.59 bits per heavy atom. The van der Waals surface area contributed by atoms with Crippen LogP contribution in [0, 0.1) is 10.1 Å². The average Bonchev–Trinajstić information content (AvgIpc) is 2.27. The van der Waals surface area contributed by atoms with Gasteiger partial charge in [0.2, 0.25) is 0 Å². The van der Waals surface area contributed by atoms with Crippen molar-refractivity contribution >= 4 is 17.7 Å². The van der Waals surface area contributed by atoms with Gasteiger partial charge >= 0.3 is 0 Å². The van der Waals surface area contributed by atoms with Crippen molar-refractivity contribution in [3.05, 3.63) is 46.0 Å². The molecule has 0 saturated carbocycles. The maximum Gasteiger partial charge on any atom is 0.280 e. The molecule has 0 N–H and O–H groups in total. The fraction of sp³-hybridized carbons (Fsp3) is 0.250. The van der Waals surface area contributed by atoms with Crippen LogP contribution in [0.3, 0.4) is 0 Å². The molecule has 0 unspecified atom stereocenters. The number of rotatable bonds is 5. The van der Waals surface area contributed by atoms with Crippen LogP contribution in [0.2, 0.25) is 0 Å². The molecule has 0 aliphatic heterocycles. The molecule has 5 nitrogen and oxygen atoms in total. The molecule has 1 aromatic carbocycles. The molecule has 0 aliphatic carbocycles. The van der Waals surface area contributed by atoms with Crippen molar-refractivity contribution < 1.29 is 9.72 Å². The Labute approximate surface area is 99.5 Å². The molecular formula is C12H14N2O3. The third-order valence-corrected chi connectivity index (χ3v) is 2.28. The van der Waals surface area contributed by atoms with Crippen molar-refractivity contribution in [2.75, 3.05) is 18.5 Å². The Hall–Kier alpha value is -2.17. The van der Waals surface area contributed by atoms with Crippen LogP contribution in [0.1, 0.15) is 17.3 Å². The smallest absolute Gasteiger partial charge is 0.280 e. The maximum atomic E-state index is 10.8. The van der Waals surface area contributed by atoms with Gasteiger partial charge in [-0.3, -0.25) is 14.9 Å². The van der Waals surface area contributed by atoms with E-state index >= 15 is 0 Å². The number of likely N-dealkylation sites (N-methyl/N-ethyl adjacent to an activating group) is 1. The van der Waals surface area contributed by atoms with Gasteiger partial charge in [0.1, 0.15) is 0 Å². The molecule has 0 heterocycles. The van der Waals surface area contributed by atoms with E-state index in [1.165, 1.54) is 12.1 Å². The van der Waals surface area contributed by atoms with Crippen LogP contribution >= 0.6 is 0 Å². The second-order valence-electron chi connectivity index (χ2n) is 3.93. The van der Waals surface area contributed by atoms with E-state index in [1.807, 2.05) is 18.9 Å². The van der Waals surface area contributed by atoms with E-state index in [2.05, 4.69) is 6.58 Å². The predicted molar refractivity (Wildman–Crippen MR) is 66.6 cm³/mol. The van der Waals surface area contributed by atoms with Crippen LogP contribution in [0.15, 0.2) is 30.4 Å². The molecule has 0 amide bonds. The second kappa shape index (κ2) is 5.25. The minimum absolute atomic E-state index is 0.0843. The molecule has 0 bridgehead atoms. The normalized spacial score (nSPS) is 9.76. The van der Waals surface area contributed by atoms with Gasteiger partial charge in [0.15, 0.2) is 6.29 Å². The van der Waals surface area contributed by atoms with Crippen molar-refractivity contribution in [3.8, 4) is 0 Å². The topological polar surface area (TPSA) is 63.4 Å². The fourth-order valence-electron chi connectivity index (χ4n) is 1.54. The quantitative estimate of drug-likeness (QED) is 0.339. The van der Waals surface area contributed by atoms with Gasteiger partial charge < -0.3 is 4.90 Å². The molecule has 0 radical (unpaired) electrons. The fourth-order valence-corrected chi connectivity index (χ4v) is 1.54. The average molecular weight is 234 g/mol. The summed E-state index contributed by atoms with van der Waals surface area (Å²) in [6, 6.07) is 4.47. The van der Waals surface area contributed by atoms with Crippen molar-refractivity contribution in [2.45, 2.75) is 6.92 Å². The highest BCUT2D eigenvalue weighted by Gasteiger charge is 2.14. The standard InChI is InChI=1S/C12H14N2O3/c1-9(2)7-13(3)11-4-5-12(14(16)17)10(6-11)8-15/h4-6,8H,1,7H2,2-3H3. The Morgan fingerprint density at radius 2 is 2.24 bits per heavy atom. The minimum Gasteiger partial charge on any atom is -0.371 e. The van der Waals surface area contributed by atoms with Crippen LogP contribution in [0.5, 0.6) is 0 Å². The van der Waals surface area contributed by atoms with Gasteiger partial charge in [-0.15, -0.1) is 0 Å². The molecule has 5 heteroatoms. The highest BCUT2D eigenvalue weighted by Crippen LogP contribution is 2.23. The number of nitro benzene ring substituents is 1. The summed E-state index contributed by atoms with van der Waals surface area (Å²) in [5, 5.41) is 10.7. The highest BCUT2D eigenvalue weighted by molar-refractivity contribution is 5.83. The van der Waals surface area contributed by atoms with Crippen LogP contribution in [-0.4, -0.2) is 24.8 Å². The number of benzene rings is 1. The van der Waals surface area contributed by atoms with E-state index in [4.69, 9.17) is 0 Å². The van der Waals surface area contributed by atoms with Gasteiger partial charge in [0.25, 0.3) is 5.69 Å². The molecule has 0 spiro atoms. The van der Waals surface area contributed by atoms with Crippen molar-refractivity contribution in [3.63, 3.8) is 0 Å². The van der Waals surface area contributed by atoms with Gasteiger partial charge in [0, 0.05) is 25.3 Å². The first-order valence-electron chi connectivity index (χ1n) is 5.05. The summed E-state index contributed by atoms with van der Waals surface area (Å²) < 4.78 is 0. The molecule has 0 aliphatic rings. The zero-order valence-corrected chi connectivity index (χ0v) is 9.84. The number of hydrogen-bond acceptors (Lipinski definition) is 4. The van der Waals surface area contributed by atoms with E-state index in [0.717, 1.165) is 11.3 Å². The lowest BCUT2D eigenvalue weighted by atomic mass is 10.1. The van der Waals surface area contributed by atoms with Gasteiger partial charge in [0.05, 0.1) is 10.5 Å². The molecular weight excluding hydrogens is 220 g/mol. The number of anilines is 1. The number of nitro groups is 1. The Bertz CT molecular complexity index is 469. The first-order chi connectivity index (χ1) is 7.95. The summed E-state index contributed by atoms with van der Waals surface area (Å²) >= 11 is 0. The summed E-state index contributed by atoms with van der Waals surface area (Å²) in [5.41, 5.74) is 1.63. The van der Waals surface area contributed by atoms with Crippen LogP contribution in [0.25, 0.3) is 0 Å². The molecule has 0 atom stereocenters. The van der Waals surface area contributed by atoms with Crippen LogP contribution < -0.4 is 4.90 Å². The molecule has 17 heavy (non-hydrogen) atoms. The molecule has 0 aromatic heterocycles. The first kappa shape index (κ1) is 12.9. The number of carbonyl (C=O) groups is 1. The Kier molecular flexibility index (Phi) is 3.98. The molecule has 1 rings (SSSR count). The van der Waals surface area contributed by atoms with Gasteiger partial charge in [-0.2, -0.15) is 0 Å². The second-order valence-corrected chi connectivity index (χ2v) is 3.93. The van der Waals surface area contributed by atoms with Crippen molar-refractivity contribution in [1.82, 2.24) is 0 Å². The van der Waals surface area contributed by atoms with Gasteiger partial charge in [-0.1, -0.05) is 12.2 Å². The lowest BCUT2D eigenvalue weighted by Crippen LogP contribution is -2.19. The van der Waals surface area contributed by atoms with E-state index in [9.17, 15) is 14.9 Å². The molecule has 90 valence electrons. The zero-order valence-electron chi connectivity index (χ0n) is 9.84. The summed E-state index contributed by atoms with van der Waals surface area (Å²) in [4.78, 5) is 22.8. The lowest BCUT2D eigenvalue weighted by molar-refractivity contribution is -0.385. The highest BCUT2D eigenvalue weighted by atomic mass is 16.6. The van der Waals surface area contributed by atoms with E-state index in [1.54, 1.807) is 6.07 Å². The summed E-state index contributed by atoms with van der Waals surface area (Å²) in [6.45, 7) is 6.32. The minimum atomic E-state index is -0.563. The zero-order chi connectivity index (χ0) is 13.0. The van der Waals surface area contributed by atoms with Crippen LogP contribution in [0.4, 0.5) is 11.4 Å². The summed E-state index contributed by atoms with van der Waals surface area (Å²) in [5.74, 6) is 0.